The van der Waals surface area contributed by atoms with Gasteiger partial charge >= 0.3 is 0 Å². The molecule has 2 nitrogen and oxygen atoms in total. The molecule has 15 heavy (non-hydrogen) atoms. The predicted octanol–water partition coefficient (Wildman–Crippen LogP) is 2.76. The van der Waals surface area contributed by atoms with Crippen molar-refractivity contribution in [2.45, 2.75) is 16.9 Å². The second-order valence-corrected chi connectivity index (χ2v) is 5.87. The fraction of sp³-hybridized carbons (Fsp3) is 0.182. The summed E-state index contributed by atoms with van der Waals surface area (Å²) in [6.07, 6.45) is 1.81. The number of aryl methyl sites for hydroxylation is 1. The zero-order valence-electron chi connectivity index (χ0n) is 8.34. The molecule has 0 saturated heterocycles. The lowest BCUT2D eigenvalue weighted by atomic mass is 10.3. The SMILES string of the molecule is Cc1ccc(CS(=O)c2cccs2)nc1. The Labute approximate surface area is 95.5 Å². The number of rotatable bonds is 3. The Kier molecular flexibility index (Phi) is 3.28. The van der Waals surface area contributed by atoms with E-state index < -0.39 is 10.8 Å². The molecule has 2 aromatic rings. The summed E-state index contributed by atoms with van der Waals surface area (Å²) in [5.41, 5.74) is 2.01. The molecule has 0 amide bonds. The highest BCUT2D eigenvalue weighted by Gasteiger charge is 2.06. The van der Waals surface area contributed by atoms with E-state index in [1.165, 1.54) is 11.3 Å². The first-order valence-electron chi connectivity index (χ1n) is 4.59. The van der Waals surface area contributed by atoms with Gasteiger partial charge in [0.25, 0.3) is 0 Å². The summed E-state index contributed by atoms with van der Waals surface area (Å²) in [7, 11) is -0.954. The van der Waals surface area contributed by atoms with Crippen LogP contribution in [0.5, 0.6) is 0 Å². The number of nitrogens with zero attached hydrogens (tertiary/aromatic N) is 1. The Morgan fingerprint density at radius 3 is 2.87 bits per heavy atom. The van der Waals surface area contributed by atoms with Crippen molar-refractivity contribution in [3.05, 3.63) is 47.1 Å². The molecule has 78 valence electrons. The Hall–Kier alpha value is -1.00. The van der Waals surface area contributed by atoms with Crippen molar-refractivity contribution in [3.63, 3.8) is 0 Å². The second-order valence-electron chi connectivity index (χ2n) is 3.25. The lowest BCUT2D eigenvalue weighted by Gasteiger charge is -1.99. The van der Waals surface area contributed by atoms with Gasteiger partial charge in [0.15, 0.2) is 0 Å². The molecule has 2 heterocycles. The van der Waals surface area contributed by atoms with E-state index in [-0.39, 0.29) is 0 Å². The van der Waals surface area contributed by atoms with E-state index in [1.807, 2.05) is 36.6 Å². The van der Waals surface area contributed by atoms with Crippen molar-refractivity contribution in [3.8, 4) is 0 Å². The fourth-order valence-corrected chi connectivity index (χ4v) is 3.22. The molecule has 2 aromatic heterocycles. The smallest absolute Gasteiger partial charge is 0.0914 e. The third-order valence-electron chi connectivity index (χ3n) is 1.97. The van der Waals surface area contributed by atoms with E-state index in [0.717, 1.165) is 15.5 Å². The summed E-state index contributed by atoms with van der Waals surface area (Å²) < 4.78 is 12.8. The molecule has 1 unspecified atom stereocenters. The summed E-state index contributed by atoms with van der Waals surface area (Å²) in [6, 6.07) is 7.74. The summed E-state index contributed by atoms with van der Waals surface area (Å²) in [4.78, 5) is 4.24. The minimum absolute atomic E-state index is 0.501. The molecular formula is C11H11NOS2. The van der Waals surface area contributed by atoms with Gasteiger partial charge in [-0.3, -0.25) is 9.19 Å². The molecule has 0 aliphatic carbocycles. The van der Waals surface area contributed by atoms with Crippen LogP contribution in [0, 0.1) is 6.92 Å². The maximum absolute atomic E-state index is 11.8. The van der Waals surface area contributed by atoms with Gasteiger partial charge in [-0.05, 0) is 30.0 Å². The van der Waals surface area contributed by atoms with E-state index in [0.29, 0.717) is 5.75 Å². The van der Waals surface area contributed by atoms with E-state index >= 15 is 0 Å². The number of aromatic nitrogens is 1. The first kappa shape index (κ1) is 10.5. The van der Waals surface area contributed by atoms with Gasteiger partial charge < -0.3 is 0 Å². The Balaban J connectivity index is 2.09. The zero-order valence-corrected chi connectivity index (χ0v) is 9.98. The van der Waals surface area contributed by atoms with Crippen LogP contribution < -0.4 is 0 Å². The minimum atomic E-state index is -0.954. The number of pyridine rings is 1. The fourth-order valence-electron chi connectivity index (χ4n) is 1.18. The summed E-state index contributed by atoms with van der Waals surface area (Å²) in [5.74, 6) is 0.501. The molecule has 0 aliphatic rings. The highest BCUT2D eigenvalue weighted by atomic mass is 32.2. The van der Waals surface area contributed by atoms with Crippen molar-refractivity contribution in [1.82, 2.24) is 4.98 Å². The van der Waals surface area contributed by atoms with Crippen molar-refractivity contribution < 1.29 is 4.21 Å². The van der Waals surface area contributed by atoms with Crippen LogP contribution in [0.25, 0.3) is 0 Å². The summed E-state index contributed by atoms with van der Waals surface area (Å²) in [5, 5.41) is 1.94. The molecular weight excluding hydrogens is 226 g/mol. The lowest BCUT2D eigenvalue weighted by Crippen LogP contribution is -1.96. The maximum atomic E-state index is 11.8. The van der Waals surface area contributed by atoms with E-state index in [2.05, 4.69) is 4.98 Å². The summed E-state index contributed by atoms with van der Waals surface area (Å²) in [6.45, 7) is 1.99. The van der Waals surface area contributed by atoms with Crippen LogP contribution in [-0.4, -0.2) is 9.19 Å². The molecule has 0 N–H and O–H groups in total. The Bertz CT molecular complexity index is 448. The molecule has 4 heteroatoms. The molecule has 0 saturated carbocycles. The Morgan fingerprint density at radius 2 is 2.27 bits per heavy atom. The maximum Gasteiger partial charge on any atom is 0.0914 e. The molecule has 0 fully saturated rings. The van der Waals surface area contributed by atoms with Crippen LogP contribution >= 0.6 is 11.3 Å². The highest BCUT2D eigenvalue weighted by molar-refractivity contribution is 7.86. The van der Waals surface area contributed by atoms with E-state index in [4.69, 9.17) is 0 Å². The van der Waals surface area contributed by atoms with Crippen molar-refractivity contribution in [2.24, 2.45) is 0 Å². The number of hydrogen-bond donors (Lipinski definition) is 0. The third-order valence-corrected chi connectivity index (χ3v) is 4.62. The van der Waals surface area contributed by atoms with Crippen molar-refractivity contribution in [2.75, 3.05) is 0 Å². The van der Waals surface area contributed by atoms with Crippen LogP contribution in [-0.2, 0) is 16.6 Å². The molecule has 0 spiro atoms. The van der Waals surface area contributed by atoms with Gasteiger partial charge in [-0.15, -0.1) is 11.3 Å². The normalized spacial score (nSPS) is 12.6. The van der Waals surface area contributed by atoms with Gasteiger partial charge in [0, 0.05) is 6.20 Å². The van der Waals surface area contributed by atoms with Gasteiger partial charge in [-0.25, -0.2) is 0 Å². The monoisotopic (exact) mass is 237 g/mol. The molecule has 2 rings (SSSR count). The summed E-state index contributed by atoms with van der Waals surface area (Å²) >= 11 is 1.53. The molecule has 0 bridgehead atoms. The van der Waals surface area contributed by atoms with Gasteiger partial charge in [0.1, 0.15) is 0 Å². The largest absolute Gasteiger partial charge is 0.260 e. The molecule has 1 atom stereocenters. The average molecular weight is 237 g/mol. The molecule has 0 aliphatic heterocycles. The van der Waals surface area contributed by atoms with Crippen molar-refractivity contribution >= 4 is 22.1 Å². The van der Waals surface area contributed by atoms with Gasteiger partial charge in [0.2, 0.25) is 0 Å². The average Bonchev–Trinajstić information content (AvgIpc) is 2.74. The predicted molar refractivity (Wildman–Crippen MR) is 63.4 cm³/mol. The van der Waals surface area contributed by atoms with E-state index in [1.54, 1.807) is 6.20 Å². The Morgan fingerprint density at radius 1 is 1.40 bits per heavy atom. The van der Waals surface area contributed by atoms with Crippen LogP contribution in [0.2, 0.25) is 0 Å². The van der Waals surface area contributed by atoms with Gasteiger partial charge in [-0.2, -0.15) is 0 Å². The quantitative estimate of drug-likeness (QED) is 0.821. The van der Waals surface area contributed by atoms with Crippen molar-refractivity contribution in [1.29, 1.82) is 0 Å². The number of thiophene rings is 1. The zero-order chi connectivity index (χ0) is 10.7. The number of hydrogen-bond acceptors (Lipinski definition) is 3. The van der Waals surface area contributed by atoms with Gasteiger partial charge in [0.05, 0.1) is 26.5 Å². The topological polar surface area (TPSA) is 30.0 Å². The minimum Gasteiger partial charge on any atom is -0.260 e. The van der Waals surface area contributed by atoms with Gasteiger partial charge in [-0.1, -0.05) is 12.1 Å². The third kappa shape index (κ3) is 2.73. The molecule has 0 radical (unpaired) electrons. The second kappa shape index (κ2) is 4.68. The van der Waals surface area contributed by atoms with Crippen LogP contribution in [0.4, 0.5) is 0 Å². The standard InChI is InChI=1S/C11H11NOS2/c1-9-4-5-10(12-7-9)8-15(13)11-3-2-6-14-11/h2-7H,8H2,1H3. The van der Waals surface area contributed by atoms with Crippen LogP contribution in [0.1, 0.15) is 11.3 Å². The van der Waals surface area contributed by atoms with Crippen LogP contribution in [0.15, 0.2) is 40.1 Å². The molecule has 0 aromatic carbocycles. The highest BCUT2D eigenvalue weighted by Crippen LogP contribution is 2.16. The van der Waals surface area contributed by atoms with Crippen LogP contribution in [0.3, 0.4) is 0 Å². The van der Waals surface area contributed by atoms with E-state index in [9.17, 15) is 4.21 Å². The first-order chi connectivity index (χ1) is 7.25. The first-order valence-corrected chi connectivity index (χ1v) is 6.79. The lowest BCUT2D eigenvalue weighted by molar-refractivity contribution is 0.683.